The molecule has 0 aromatic rings. The molecule has 0 saturated heterocycles. The monoisotopic (exact) mass is 490 g/mol. The lowest BCUT2D eigenvalue weighted by Crippen LogP contribution is -2.54. The summed E-state index contributed by atoms with van der Waals surface area (Å²) in [6.07, 6.45) is 11.6. The van der Waals surface area contributed by atoms with Crippen molar-refractivity contribution in [2.75, 3.05) is 0 Å². The van der Waals surface area contributed by atoms with Gasteiger partial charge in [0.1, 0.15) is 6.10 Å². The molecule has 10 atom stereocenters. The Bertz CT molecular complexity index is 779. The standard InChI is InChI=1S/C30H50O5/c1-18(2)7-6-8-20(15-27(33)34)28-26(32)17-25-23-10-9-21-16-22(35-19(3)31)11-13-29(21,4)24(23)12-14-30(25,28)5/h18,20-26,28,32H,6-17H2,1-5H3,(H,33,34)/t20-,21-,22-,23+,24-,25-,26+,28-,29-,30-/m0/s1. The summed E-state index contributed by atoms with van der Waals surface area (Å²) in [6.45, 7) is 10.9. The van der Waals surface area contributed by atoms with Gasteiger partial charge in [-0.2, -0.15) is 0 Å². The molecule has 0 aliphatic heterocycles. The van der Waals surface area contributed by atoms with Crippen LogP contribution in [-0.4, -0.2) is 34.4 Å². The molecule has 5 heteroatoms. The third-order valence-corrected chi connectivity index (χ3v) is 11.4. The highest BCUT2D eigenvalue weighted by molar-refractivity contribution is 5.67. The summed E-state index contributed by atoms with van der Waals surface area (Å²) < 4.78 is 5.62. The quantitative estimate of drug-likeness (QED) is 0.381. The highest BCUT2D eigenvalue weighted by Gasteiger charge is 2.63. The summed E-state index contributed by atoms with van der Waals surface area (Å²) >= 11 is 0. The smallest absolute Gasteiger partial charge is 0.303 e. The van der Waals surface area contributed by atoms with Gasteiger partial charge in [-0.1, -0.05) is 40.5 Å². The van der Waals surface area contributed by atoms with Crippen LogP contribution in [0, 0.1) is 52.3 Å². The summed E-state index contributed by atoms with van der Waals surface area (Å²) in [7, 11) is 0. The first kappa shape index (κ1) is 26.9. The highest BCUT2D eigenvalue weighted by Crippen LogP contribution is 2.68. The lowest BCUT2D eigenvalue weighted by Gasteiger charge is -2.61. The average molecular weight is 491 g/mol. The predicted molar refractivity (Wildman–Crippen MR) is 137 cm³/mol. The van der Waals surface area contributed by atoms with E-state index < -0.39 is 5.97 Å². The van der Waals surface area contributed by atoms with E-state index in [1.54, 1.807) is 0 Å². The van der Waals surface area contributed by atoms with E-state index in [1.165, 1.54) is 26.2 Å². The Hall–Kier alpha value is -1.10. The van der Waals surface area contributed by atoms with Crippen LogP contribution in [0.2, 0.25) is 0 Å². The molecule has 0 radical (unpaired) electrons. The van der Waals surface area contributed by atoms with E-state index in [-0.39, 0.29) is 41.8 Å². The van der Waals surface area contributed by atoms with Crippen LogP contribution in [0.15, 0.2) is 0 Å². The van der Waals surface area contributed by atoms with Crippen LogP contribution in [0.3, 0.4) is 0 Å². The Kier molecular flexibility index (Phi) is 7.96. The Labute approximate surface area is 212 Å². The molecule has 4 aliphatic carbocycles. The number of ether oxygens (including phenoxy) is 1. The van der Waals surface area contributed by atoms with E-state index in [4.69, 9.17) is 4.74 Å². The molecule has 200 valence electrons. The molecule has 0 aromatic heterocycles. The zero-order chi connectivity index (χ0) is 25.5. The molecular formula is C30H50O5. The van der Waals surface area contributed by atoms with Gasteiger partial charge in [-0.3, -0.25) is 9.59 Å². The number of esters is 1. The fraction of sp³-hybridized carbons (Fsp3) is 0.933. The van der Waals surface area contributed by atoms with Gasteiger partial charge >= 0.3 is 11.9 Å². The SMILES string of the molecule is CC(=O)O[C@H]1CC[C@@]2(C)[C@@H](CC[C@@H]3[C@@H]2CC[C@]2(C)[C@@H]([C@@H](CCCC(C)C)CC(=O)O)[C@H](O)C[C@@H]32)C1. The first-order valence-corrected chi connectivity index (χ1v) is 14.5. The van der Waals surface area contributed by atoms with Gasteiger partial charge in [0.05, 0.1) is 6.10 Å². The number of aliphatic hydroxyl groups excluding tert-OH is 1. The number of aliphatic hydroxyl groups is 1. The normalized spacial score (nSPS) is 43.7. The van der Waals surface area contributed by atoms with Crippen molar-refractivity contribution in [3.05, 3.63) is 0 Å². The second-order valence-electron chi connectivity index (χ2n) is 13.7. The van der Waals surface area contributed by atoms with Gasteiger partial charge in [0.2, 0.25) is 0 Å². The molecule has 4 saturated carbocycles. The number of rotatable bonds is 8. The molecule has 0 amide bonds. The van der Waals surface area contributed by atoms with Crippen LogP contribution >= 0.6 is 0 Å². The van der Waals surface area contributed by atoms with Crippen LogP contribution in [0.5, 0.6) is 0 Å². The molecule has 0 unspecified atom stereocenters. The van der Waals surface area contributed by atoms with Crippen molar-refractivity contribution in [3.8, 4) is 0 Å². The van der Waals surface area contributed by atoms with Gasteiger partial charge in [-0.05, 0) is 110 Å². The zero-order valence-electron chi connectivity index (χ0n) is 22.8. The fourth-order valence-corrected chi connectivity index (χ4v) is 9.89. The van der Waals surface area contributed by atoms with Crippen molar-refractivity contribution in [2.45, 2.75) is 124 Å². The third kappa shape index (κ3) is 5.18. The molecule has 0 aromatic carbocycles. The Morgan fingerprint density at radius 1 is 0.971 bits per heavy atom. The summed E-state index contributed by atoms with van der Waals surface area (Å²) in [5, 5.41) is 21.2. The lowest BCUT2D eigenvalue weighted by atomic mass is 9.44. The molecule has 35 heavy (non-hydrogen) atoms. The van der Waals surface area contributed by atoms with Gasteiger partial charge in [0.25, 0.3) is 0 Å². The van der Waals surface area contributed by atoms with Crippen LogP contribution in [0.25, 0.3) is 0 Å². The number of fused-ring (bicyclic) bond motifs is 5. The Morgan fingerprint density at radius 2 is 1.69 bits per heavy atom. The van der Waals surface area contributed by atoms with Crippen molar-refractivity contribution in [2.24, 2.45) is 52.3 Å². The van der Waals surface area contributed by atoms with Crippen molar-refractivity contribution in [3.63, 3.8) is 0 Å². The van der Waals surface area contributed by atoms with Crippen LogP contribution < -0.4 is 0 Å². The third-order valence-electron chi connectivity index (χ3n) is 11.4. The van der Waals surface area contributed by atoms with Crippen LogP contribution in [0.1, 0.15) is 112 Å². The molecule has 2 N–H and O–H groups in total. The van der Waals surface area contributed by atoms with E-state index in [1.807, 2.05) is 0 Å². The number of carboxylic acid groups (broad SMARTS) is 1. The summed E-state index contributed by atoms with van der Waals surface area (Å²) in [5.41, 5.74) is 0.332. The number of aliphatic carboxylic acids is 1. The van der Waals surface area contributed by atoms with Gasteiger partial charge in [-0.25, -0.2) is 0 Å². The van der Waals surface area contributed by atoms with Crippen LogP contribution in [-0.2, 0) is 14.3 Å². The largest absolute Gasteiger partial charge is 0.481 e. The molecule has 5 nitrogen and oxygen atoms in total. The Balaban J connectivity index is 1.52. The van der Waals surface area contributed by atoms with E-state index in [2.05, 4.69) is 27.7 Å². The number of hydrogen-bond acceptors (Lipinski definition) is 4. The summed E-state index contributed by atoms with van der Waals surface area (Å²) in [4.78, 5) is 23.4. The van der Waals surface area contributed by atoms with Gasteiger partial charge < -0.3 is 14.9 Å². The summed E-state index contributed by atoms with van der Waals surface area (Å²) in [6, 6.07) is 0. The molecular weight excluding hydrogens is 440 g/mol. The minimum Gasteiger partial charge on any atom is -0.481 e. The molecule has 0 bridgehead atoms. The molecule has 4 rings (SSSR count). The van der Waals surface area contributed by atoms with E-state index in [0.29, 0.717) is 35.0 Å². The fourth-order valence-electron chi connectivity index (χ4n) is 9.89. The van der Waals surface area contributed by atoms with Gasteiger partial charge in [0.15, 0.2) is 0 Å². The maximum absolute atomic E-state index is 11.8. The molecule has 4 aliphatic rings. The zero-order valence-corrected chi connectivity index (χ0v) is 22.8. The van der Waals surface area contributed by atoms with Crippen molar-refractivity contribution in [1.29, 1.82) is 0 Å². The first-order valence-electron chi connectivity index (χ1n) is 14.5. The average Bonchev–Trinajstić information content (AvgIpc) is 3.02. The lowest BCUT2D eigenvalue weighted by molar-refractivity contribution is -0.161. The van der Waals surface area contributed by atoms with Gasteiger partial charge in [-0.15, -0.1) is 0 Å². The summed E-state index contributed by atoms with van der Waals surface area (Å²) in [5.74, 6) is 2.32. The van der Waals surface area contributed by atoms with Crippen molar-refractivity contribution in [1.82, 2.24) is 0 Å². The van der Waals surface area contributed by atoms with Crippen molar-refractivity contribution < 1.29 is 24.5 Å². The van der Waals surface area contributed by atoms with E-state index in [0.717, 1.165) is 51.4 Å². The number of carbonyl (C=O) groups is 2. The van der Waals surface area contributed by atoms with Gasteiger partial charge in [0, 0.05) is 13.3 Å². The molecule has 4 fully saturated rings. The van der Waals surface area contributed by atoms with E-state index >= 15 is 0 Å². The van der Waals surface area contributed by atoms with Crippen molar-refractivity contribution >= 4 is 11.9 Å². The maximum atomic E-state index is 11.8. The van der Waals surface area contributed by atoms with Crippen LogP contribution in [0.4, 0.5) is 0 Å². The maximum Gasteiger partial charge on any atom is 0.303 e. The topological polar surface area (TPSA) is 83.8 Å². The number of hydrogen-bond donors (Lipinski definition) is 2. The second-order valence-corrected chi connectivity index (χ2v) is 13.7. The van der Waals surface area contributed by atoms with E-state index in [9.17, 15) is 19.8 Å². The predicted octanol–water partition coefficient (Wildman–Crippen LogP) is 6.47. The minimum absolute atomic E-state index is 0.0384. The highest BCUT2D eigenvalue weighted by atomic mass is 16.5. The molecule has 0 spiro atoms. The number of carbonyl (C=O) groups excluding carboxylic acids is 1. The second kappa shape index (κ2) is 10.3. The minimum atomic E-state index is -0.718. The first-order chi connectivity index (χ1) is 16.5. The Morgan fingerprint density at radius 3 is 2.34 bits per heavy atom. The number of carboxylic acids is 1. The molecule has 0 heterocycles.